The third-order valence-electron chi connectivity index (χ3n) is 2.19. The number of rotatable bonds is 1. The molecule has 70 valence electrons. The molecule has 0 unspecified atom stereocenters. The van der Waals surface area contributed by atoms with Gasteiger partial charge in [-0.2, -0.15) is 0 Å². The third-order valence-corrected chi connectivity index (χ3v) is 2.19. The number of methoxy groups -OCH3 is 1. The molecule has 1 aliphatic heterocycles. The van der Waals surface area contributed by atoms with E-state index in [1.165, 1.54) is 0 Å². The van der Waals surface area contributed by atoms with Gasteiger partial charge in [-0.1, -0.05) is 0 Å². The minimum Gasteiger partial charge on any atom is -0.497 e. The van der Waals surface area contributed by atoms with Crippen molar-refractivity contribution in [2.45, 2.75) is 19.1 Å². The van der Waals surface area contributed by atoms with Crippen LogP contribution in [0, 0.1) is 0 Å². The SMILES string of the molecule is COc1ccc2c(c1)CC[C@@H](O)O2. The lowest BCUT2D eigenvalue weighted by molar-refractivity contribution is -0.0316. The predicted octanol–water partition coefficient (Wildman–Crippen LogP) is 1.34. The van der Waals surface area contributed by atoms with E-state index < -0.39 is 6.29 Å². The largest absolute Gasteiger partial charge is 0.497 e. The Labute approximate surface area is 76.9 Å². The molecule has 3 heteroatoms. The topological polar surface area (TPSA) is 38.7 Å². The Kier molecular flexibility index (Phi) is 2.10. The van der Waals surface area contributed by atoms with Crippen LogP contribution in [0.3, 0.4) is 0 Å². The summed E-state index contributed by atoms with van der Waals surface area (Å²) in [5.41, 5.74) is 1.10. The van der Waals surface area contributed by atoms with Crippen LogP contribution in [0.15, 0.2) is 18.2 Å². The minimum absolute atomic E-state index is 0.652. The first-order valence-corrected chi connectivity index (χ1v) is 4.31. The van der Waals surface area contributed by atoms with Crippen LogP contribution in [0.5, 0.6) is 11.5 Å². The highest BCUT2D eigenvalue weighted by atomic mass is 16.6. The highest BCUT2D eigenvalue weighted by molar-refractivity contribution is 5.41. The monoisotopic (exact) mass is 180 g/mol. The average molecular weight is 180 g/mol. The molecule has 13 heavy (non-hydrogen) atoms. The molecule has 0 amide bonds. The molecule has 0 aliphatic carbocycles. The van der Waals surface area contributed by atoms with Gasteiger partial charge in [0.15, 0.2) is 6.29 Å². The fraction of sp³-hybridized carbons (Fsp3) is 0.400. The molecule has 1 heterocycles. The second kappa shape index (κ2) is 3.26. The summed E-state index contributed by atoms with van der Waals surface area (Å²) in [6, 6.07) is 5.61. The lowest BCUT2D eigenvalue weighted by atomic mass is 10.1. The summed E-state index contributed by atoms with van der Waals surface area (Å²) >= 11 is 0. The van der Waals surface area contributed by atoms with Crippen molar-refractivity contribution < 1.29 is 14.6 Å². The van der Waals surface area contributed by atoms with Crippen molar-refractivity contribution in [3.8, 4) is 11.5 Å². The van der Waals surface area contributed by atoms with Crippen LogP contribution in [0.4, 0.5) is 0 Å². The van der Waals surface area contributed by atoms with Crippen molar-refractivity contribution in [2.24, 2.45) is 0 Å². The normalized spacial score (nSPS) is 20.3. The fourth-order valence-corrected chi connectivity index (χ4v) is 1.48. The molecular formula is C10H12O3. The fourth-order valence-electron chi connectivity index (χ4n) is 1.48. The van der Waals surface area contributed by atoms with Crippen molar-refractivity contribution in [1.82, 2.24) is 0 Å². The van der Waals surface area contributed by atoms with Gasteiger partial charge in [0, 0.05) is 6.42 Å². The maximum Gasteiger partial charge on any atom is 0.197 e. The van der Waals surface area contributed by atoms with E-state index in [9.17, 15) is 5.11 Å². The third kappa shape index (κ3) is 1.60. The molecule has 2 rings (SSSR count). The Morgan fingerprint density at radius 3 is 3.15 bits per heavy atom. The van der Waals surface area contributed by atoms with Crippen LogP contribution in [0.1, 0.15) is 12.0 Å². The van der Waals surface area contributed by atoms with Crippen LogP contribution in [-0.2, 0) is 6.42 Å². The predicted molar refractivity (Wildman–Crippen MR) is 47.9 cm³/mol. The van der Waals surface area contributed by atoms with Gasteiger partial charge in [-0.25, -0.2) is 0 Å². The van der Waals surface area contributed by atoms with E-state index in [4.69, 9.17) is 9.47 Å². The Balaban J connectivity index is 2.31. The van der Waals surface area contributed by atoms with Crippen molar-refractivity contribution in [2.75, 3.05) is 7.11 Å². The summed E-state index contributed by atoms with van der Waals surface area (Å²) in [7, 11) is 1.64. The molecule has 1 aliphatic rings. The molecule has 3 nitrogen and oxygen atoms in total. The molecule has 1 atom stereocenters. The van der Waals surface area contributed by atoms with E-state index in [0.717, 1.165) is 23.5 Å². The Hall–Kier alpha value is -1.22. The van der Waals surface area contributed by atoms with Gasteiger partial charge in [0.05, 0.1) is 7.11 Å². The number of benzene rings is 1. The quantitative estimate of drug-likeness (QED) is 0.708. The number of aliphatic hydroxyl groups is 1. The first-order chi connectivity index (χ1) is 6.29. The van der Waals surface area contributed by atoms with E-state index in [1.54, 1.807) is 7.11 Å². The highest BCUT2D eigenvalue weighted by Crippen LogP contribution is 2.29. The standard InChI is InChI=1S/C10H12O3/c1-12-8-3-4-9-7(6-8)2-5-10(11)13-9/h3-4,6,10-11H,2,5H2,1H3/t10-/m0/s1. The van der Waals surface area contributed by atoms with Gasteiger partial charge in [-0.3, -0.25) is 0 Å². The average Bonchev–Trinajstić information content (AvgIpc) is 2.17. The summed E-state index contributed by atoms with van der Waals surface area (Å²) in [6.07, 6.45) is 0.842. The minimum atomic E-state index is -0.652. The molecule has 1 N–H and O–H groups in total. The summed E-state index contributed by atoms with van der Waals surface area (Å²) in [5.74, 6) is 1.60. The maximum atomic E-state index is 9.23. The maximum absolute atomic E-state index is 9.23. The van der Waals surface area contributed by atoms with Gasteiger partial charge in [0.1, 0.15) is 11.5 Å². The second-order valence-corrected chi connectivity index (χ2v) is 3.08. The number of hydrogen-bond acceptors (Lipinski definition) is 3. The lowest BCUT2D eigenvalue weighted by Gasteiger charge is -2.22. The zero-order chi connectivity index (χ0) is 9.26. The summed E-state index contributed by atoms with van der Waals surface area (Å²) in [5, 5.41) is 9.23. The van der Waals surface area contributed by atoms with Crippen LogP contribution in [-0.4, -0.2) is 18.5 Å². The van der Waals surface area contributed by atoms with Crippen molar-refractivity contribution in [1.29, 1.82) is 0 Å². The van der Waals surface area contributed by atoms with E-state index in [2.05, 4.69) is 0 Å². The second-order valence-electron chi connectivity index (χ2n) is 3.08. The van der Waals surface area contributed by atoms with Crippen LogP contribution >= 0.6 is 0 Å². The number of hydrogen-bond donors (Lipinski definition) is 1. The van der Waals surface area contributed by atoms with Gasteiger partial charge >= 0.3 is 0 Å². The zero-order valence-corrected chi connectivity index (χ0v) is 7.49. The molecule has 1 aromatic rings. The molecule has 0 spiro atoms. The zero-order valence-electron chi connectivity index (χ0n) is 7.49. The van der Waals surface area contributed by atoms with Gasteiger partial charge in [0.2, 0.25) is 0 Å². The molecule has 0 radical (unpaired) electrons. The van der Waals surface area contributed by atoms with Crippen LogP contribution in [0.25, 0.3) is 0 Å². The first kappa shape index (κ1) is 8.38. The van der Waals surface area contributed by atoms with Gasteiger partial charge in [0.25, 0.3) is 0 Å². The van der Waals surface area contributed by atoms with E-state index in [-0.39, 0.29) is 0 Å². The summed E-state index contributed by atoms with van der Waals surface area (Å²) < 4.78 is 10.3. The van der Waals surface area contributed by atoms with E-state index in [1.807, 2.05) is 18.2 Å². The molecule has 1 aromatic carbocycles. The molecule has 0 saturated heterocycles. The number of aryl methyl sites for hydroxylation is 1. The van der Waals surface area contributed by atoms with Crippen LogP contribution in [0.2, 0.25) is 0 Å². The lowest BCUT2D eigenvalue weighted by Crippen LogP contribution is -2.21. The van der Waals surface area contributed by atoms with Gasteiger partial charge < -0.3 is 14.6 Å². The summed E-state index contributed by atoms with van der Waals surface area (Å²) in [6.45, 7) is 0. The number of ether oxygens (including phenoxy) is 2. The molecule has 0 aromatic heterocycles. The van der Waals surface area contributed by atoms with Gasteiger partial charge in [-0.05, 0) is 30.2 Å². The van der Waals surface area contributed by atoms with Crippen LogP contribution < -0.4 is 9.47 Å². The smallest absolute Gasteiger partial charge is 0.197 e. The number of fused-ring (bicyclic) bond motifs is 1. The van der Waals surface area contributed by atoms with Gasteiger partial charge in [-0.15, -0.1) is 0 Å². The number of aliphatic hydroxyl groups excluding tert-OH is 1. The first-order valence-electron chi connectivity index (χ1n) is 4.31. The molecule has 0 saturated carbocycles. The van der Waals surface area contributed by atoms with Crippen molar-refractivity contribution in [3.05, 3.63) is 23.8 Å². The van der Waals surface area contributed by atoms with Crippen molar-refractivity contribution in [3.63, 3.8) is 0 Å². The Morgan fingerprint density at radius 1 is 1.54 bits per heavy atom. The van der Waals surface area contributed by atoms with E-state index >= 15 is 0 Å². The van der Waals surface area contributed by atoms with E-state index in [0.29, 0.717) is 6.42 Å². The molecular weight excluding hydrogens is 168 g/mol. The van der Waals surface area contributed by atoms with Crippen molar-refractivity contribution >= 4 is 0 Å². The highest BCUT2D eigenvalue weighted by Gasteiger charge is 2.17. The summed E-state index contributed by atoms with van der Waals surface area (Å²) in [4.78, 5) is 0. The Bertz CT molecular complexity index is 309. The molecule has 0 fully saturated rings. The Morgan fingerprint density at radius 2 is 2.38 bits per heavy atom. The molecule has 0 bridgehead atoms.